The summed E-state index contributed by atoms with van der Waals surface area (Å²) in [6.07, 6.45) is 4.72. The molecule has 4 aromatic rings. The minimum atomic E-state index is -0.941. The maximum atomic E-state index is 14.0. The predicted octanol–water partition coefficient (Wildman–Crippen LogP) is 2.96. The Morgan fingerprint density at radius 1 is 1.10 bits per heavy atom. The molecule has 7 nitrogen and oxygen atoms in total. The van der Waals surface area contributed by atoms with Gasteiger partial charge in [0.1, 0.15) is 17.7 Å². The Labute approximate surface area is 166 Å². The highest BCUT2D eigenvalue weighted by Gasteiger charge is 2.26. The highest BCUT2D eigenvalue weighted by Crippen LogP contribution is 2.29. The van der Waals surface area contributed by atoms with Crippen LogP contribution in [0.4, 0.5) is 10.2 Å². The van der Waals surface area contributed by atoms with Gasteiger partial charge in [0.2, 0.25) is 0 Å². The molecule has 5 heterocycles. The van der Waals surface area contributed by atoms with Gasteiger partial charge in [-0.2, -0.15) is 5.10 Å². The maximum Gasteiger partial charge on any atom is 0.129 e. The molecule has 4 aromatic heterocycles. The lowest BCUT2D eigenvalue weighted by molar-refractivity contribution is 0.268. The molecule has 29 heavy (non-hydrogen) atoms. The van der Waals surface area contributed by atoms with E-state index >= 15 is 0 Å². The molecule has 3 N–H and O–H groups in total. The molecule has 0 aliphatic carbocycles. The highest BCUT2D eigenvalue weighted by atomic mass is 19.1. The molecule has 0 spiro atoms. The van der Waals surface area contributed by atoms with Gasteiger partial charge in [0.25, 0.3) is 0 Å². The SMILES string of the molecule is N[C@H]1C[C@@H](F)CN(c2cccc(-c3n[nH]c4cnc(-c5cccnc5)cc34)n2)C1. The number of piperidine rings is 1. The largest absolute Gasteiger partial charge is 0.352 e. The maximum absolute atomic E-state index is 14.0. The summed E-state index contributed by atoms with van der Waals surface area (Å²) in [5, 5.41) is 8.39. The van der Waals surface area contributed by atoms with Crippen molar-refractivity contribution in [3.05, 3.63) is 55.0 Å². The van der Waals surface area contributed by atoms with Crippen LogP contribution in [-0.2, 0) is 0 Å². The van der Waals surface area contributed by atoms with Crippen LogP contribution in [0.15, 0.2) is 55.0 Å². The quantitative estimate of drug-likeness (QED) is 0.559. The zero-order valence-electron chi connectivity index (χ0n) is 15.7. The average molecular weight is 389 g/mol. The van der Waals surface area contributed by atoms with Crippen LogP contribution >= 0.6 is 0 Å². The van der Waals surface area contributed by atoms with Gasteiger partial charge in [0, 0.05) is 35.9 Å². The Morgan fingerprint density at radius 3 is 2.86 bits per heavy atom. The minimum Gasteiger partial charge on any atom is -0.352 e. The Balaban J connectivity index is 1.54. The molecule has 146 valence electrons. The second-order valence-electron chi connectivity index (χ2n) is 7.31. The van der Waals surface area contributed by atoms with Crippen LogP contribution in [0.5, 0.6) is 0 Å². The normalized spacial score (nSPS) is 19.6. The van der Waals surface area contributed by atoms with Crippen LogP contribution in [0.2, 0.25) is 0 Å². The first-order valence-electron chi connectivity index (χ1n) is 9.54. The number of alkyl halides is 1. The lowest BCUT2D eigenvalue weighted by Crippen LogP contribution is -2.48. The van der Waals surface area contributed by atoms with E-state index in [0.717, 1.165) is 27.9 Å². The summed E-state index contributed by atoms with van der Waals surface area (Å²) < 4.78 is 14.0. The molecule has 0 unspecified atom stereocenters. The Kier molecular flexibility index (Phi) is 4.40. The fourth-order valence-electron chi connectivity index (χ4n) is 3.78. The Hall–Kier alpha value is -3.39. The van der Waals surface area contributed by atoms with Crippen LogP contribution in [0.25, 0.3) is 33.5 Å². The number of nitrogens with zero attached hydrogens (tertiary/aromatic N) is 5. The van der Waals surface area contributed by atoms with E-state index in [4.69, 9.17) is 10.7 Å². The predicted molar refractivity (Wildman–Crippen MR) is 110 cm³/mol. The average Bonchev–Trinajstić information content (AvgIpc) is 3.17. The number of hydrogen-bond donors (Lipinski definition) is 2. The Bertz CT molecular complexity index is 1130. The van der Waals surface area contributed by atoms with Gasteiger partial charge in [0.05, 0.1) is 29.6 Å². The second kappa shape index (κ2) is 7.21. The molecule has 5 rings (SSSR count). The number of pyridine rings is 3. The summed E-state index contributed by atoms with van der Waals surface area (Å²) in [6.45, 7) is 0.897. The number of aromatic amines is 1. The number of nitrogens with one attached hydrogen (secondary N) is 1. The number of hydrogen-bond acceptors (Lipinski definition) is 6. The first-order valence-corrected chi connectivity index (χ1v) is 9.54. The first kappa shape index (κ1) is 17.7. The smallest absolute Gasteiger partial charge is 0.129 e. The third kappa shape index (κ3) is 3.42. The van der Waals surface area contributed by atoms with Crippen molar-refractivity contribution in [2.45, 2.75) is 18.6 Å². The van der Waals surface area contributed by atoms with Gasteiger partial charge in [-0.15, -0.1) is 0 Å². The number of rotatable bonds is 3. The van der Waals surface area contributed by atoms with Gasteiger partial charge in [-0.25, -0.2) is 9.37 Å². The van der Waals surface area contributed by atoms with Crippen LogP contribution < -0.4 is 10.6 Å². The van der Waals surface area contributed by atoms with Crippen molar-refractivity contribution in [2.24, 2.45) is 5.73 Å². The molecule has 1 aliphatic heterocycles. The zero-order valence-corrected chi connectivity index (χ0v) is 15.7. The van der Waals surface area contributed by atoms with E-state index in [-0.39, 0.29) is 6.04 Å². The van der Waals surface area contributed by atoms with E-state index in [0.29, 0.717) is 31.0 Å². The Morgan fingerprint density at radius 2 is 2.03 bits per heavy atom. The monoisotopic (exact) mass is 389 g/mol. The van der Waals surface area contributed by atoms with Crippen molar-refractivity contribution in [3.63, 3.8) is 0 Å². The van der Waals surface area contributed by atoms with Crippen molar-refractivity contribution < 1.29 is 4.39 Å². The molecule has 1 saturated heterocycles. The van der Waals surface area contributed by atoms with Crippen molar-refractivity contribution in [3.8, 4) is 22.6 Å². The third-order valence-electron chi connectivity index (χ3n) is 5.14. The molecule has 0 aromatic carbocycles. The number of nitrogens with two attached hydrogens (primary N) is 1. The summed E-state index contributed by atoms with van der Waals surface area (Å²) in [7, 11) is 0. The molecule has 0 radical (unpaired) electrons. The van der Waals surface area contributed by atoms with Crippen molar-refractivity contribution in [1.29, 1.82) is 0 Å². The van der Waals surface area contributed by atoms with Crippen LogP contribution in [0.1, 0.15) is 6.42 Å². The van der Waals surface area contributed by atoms with E-state index in [9.17, 15) is 4.39 Å². The molecule has 1 fully saturated rings. The van der Waals surface area contributed by atoms with E-state index in [1.807, 2.05) is 41.3 Å². The molecular formula is C21H20FN7. The topological polar surface area (TPSA) is 96.6 Å². The number of fused-ring (bicyclic) bond motifs is 1. The van der Waals surface area contributed by atoms with Crippen molar-refractivity contribution in [1.82, 2.24) is 25.1 Å². The number of H-pyrrole nitrogens is 1. The number of halogens is 1. The summed E-state index contributed by atoms with van der Waals surface area (Å²) in [5.74, 6) is 0.706. The molecule has 8 heteroatoms. The summed E-state index contributed by atoms with van der Waals surface area (Å²) in [4.78, 5) is 15.3. The van der Waals surface area contributed by atoms with Crippen LogP contribution in [0, 0.1) is 0 Å². The highest BCUT2D eigenvalue weighted by molar-refractivity contribution is 5.93. The molecular weight excluding hydrogens is 369 g/mol. The first-order chi connectivity index (χ1) is 14.2. The summed E-state index contributed by atoms with van der Waals surface area (Å²) in [6, 6.07) is 11.3. The fraction of sp³-hybridized carbons (Fsp3) is 0.238. The van der Waals surface area contributed by atoms with Gasteiger partial charge >= 0.3 is 0 Å². The van der Waals surface area contributed by atoms with Gasteiger partial charge < -0.3 is 10.6 Å². The molecule has 1 aliphatic rings. The standard InChI is InChI=1S/C21H20FN7/c22-14-7-15(23)12-29(11-14)20-5-1-4-17(26-20)21-16-8-18(13-3-2-6-24-9-13)25-10-19(16)27-28-21/h1-6,8-10,14-15H,7,11-12,23H2,(H,27,28)/t14-,15+/m1/s1. The van der Waals surface area contributed by atoms with Gasteiger partial charge in [-0.1, -0.05) is 6.07 Å². The van der Waals surface area contributed by atoms with Crippen molar-refractivity contribution >= 4 is 16.7 Å². The van der Waals surface area contributed by atoms with E-state index < -0.39 is 6.17 Å². The van der Waals surface area contributed by atoms with E-state index in [1.165, 1.54) is 0 Å². The molecule has 0 bridgehead atoms. The number of aromatic nitrogens is 5. The molecule has 2 atom stereocenters. The molecule has 0 saturated carbocycles. The lowest BCUT2D eigenvalue weighted by atomic mass is 10.1. The van der Waals surface area contributed by atoms with Gasteiger partial charge in [0.15, 0.2) is 0 Å². The van der Waals surface area contributed by atoms with E-state index in [2.05, 4.69) is 20.2 Å². The fourth-order valence-corrected chi connectivity index (χ4v) is 3.78. The minimum absolute atomic E-state index is 0.191. The second-order valence-corrected chi connectivity index (χ2v) is 7.31. The number of anilines is 1. The summed E-state index contributed by atoms with van der Waals surface area (Å²) >= 11 is 0. The van der Waals surface area contributed by atoms with Crippen LogP contribution in [0.3, 0.4) is 0 Å². The third-order valence-corrected chi connectivity index (χ3v) is 5.14. The van der Waals surface area contributed by atoms with Gasteiger partial charge in [-0.3, -0.25) is 15.1 Å². The van der Waals surface area contributed by atoms with Gasteiger partial charge in [-0.05, 0) is 36.8 Å². The zero-order chi connectivity index (χ0) is 19.8. The molecule has 0 amide bonds. The van der Waals surface area contributed by atoms with E-state index in [1.54, 1.807) is 18.6 Å². The van der Waals surface area contributed by atoms with Crippen LogP contribution in [-0.4, -0.2) is 50.5 Å². The van der Waals surface area contributed by atoms with Crippen molar-refractivity contribution in [2.75, 3.05) is 18.0 Å². The lowest BCUT2D eigenvalue weighted by Gasteiger charge is -2.33. The summed E-state index contributed by atoms with van der Waals surface area (Å²) in [5.41, 5.74) is 10.0.